The molecule has 2 atom stereocenters. The molecule has 1 aliphatic heterocycles. The Hall–Kier alpha value is -1.94. The Bertz CT molecular complexity index is 822. The Balaban J connectivity index is 1.47. The van der Waals surface area contributed by atoms with Gasteiger partial charge in [-0.15, -0.1) is 0 Å². The van der Waals surface area contributed by atoms with E-state index >= 15 is 0 Å². The molecule has 0 N–H and O–H groups in total. The number of benzene rings is 2. The Labute approximate surface area is 227 Å². The normalized spacial score (nSPS) is 19.2. The molecule has 1 aliphatic rings. The monoisotopic (exact) mass is 505 g/mol. The van der Waals surface area contributed by atoms with Crippen molar-refractivity contribution < 1.29 is 9.47 Å². The molecule has 0 unspecified atom stereocenters. The third-order valence-electron chi connectivity index (χ3n) is 7.22. The van der Waals surface area contributed by atoms with E-state index in [0.29, 0.717) is 0 Å². The highest BCUT2D eigenvalue weighted by atomic mass is 16.8. The summed E-state index contributed by atoms with van der Waals surface area (Å²) in [5.74, 6) is -0.595. The Morgan fingerprint density at radius 3 is 1.68 bits per heavy atom. The van der Waals surface area contributed by atoms with Gasteiger partial charge in [0.05, 0.1) is 0 Å². The van der Waals surface area contributed by atoms with Crippen LogP contribution in [0.4, 0.5) is 0 Å². The quantitative estimate of drug-likeness (QED) is 0.149. The summed E-state index contributed by atoms with van der Waals surface area (Å²) >= 11 is 0. The van der Waals surface area contributed by atoms with Gasteiger partial charge in [-0.25, -0.2) is 0 Å². The first kappa shape index (κ1) is 29.6. The molecule has 0 amide bonds. The average molecular weight is 506 g/mol. The van der Waals surface area contributed by atoms with Crippen LogP contribution in [-0.4, -0.2) is 23.0 Å². The fourth-order valence-electron chi connectivity index (χ4n) is 5.22. The van der Waals surface area contributed by atoms with E-state index < -0.39 is 5.79 Å². The van der Waals surface area contributed by atoms with Gasteiger partial charge in [0.1, 0.15) is 12.3 Å². The van der Waals surface area contributed by atoms with Crippen LogP contribution in [-0.2, 0) is 22.6 Å². The first-order chi connectivity index (χ1) is 18.1. The molecule has 3 nitrogen and oxygen atoms in total. The van der Waals surface area contributed by atoms with Crippen LogP contribution < -0.4 is 0 Å². The maximum Gasteiger partial charge on any atom is 0.166 e. The third kappa shape index (κ3) is 11.5. The minimum atomic E-state index is -0.595. The number of nitrogens with zero attached hydrogens (tertiary/aromatic N) is 1. The number of ether oxygens (including phenoxy) is 2. The summed E-state index contributed by atoms with van der Waals surface area (Å²) in [7, 11) is 0. The Morgan fingerprint density at radius 1 is 0.676 bits per heavy atom. The smallest absolute Gasteiger partial charge is 0.166 e. The molecule has 3 rings (SSSR count). The van der Waals surface area contributed by atoms with Crippen molar-refractivity contribution >= 4 is 0 Å². The molecule has 2 aromatic carbocycles. The van der Waals surface area contributed by atoms with Crippen LogP contribution in [0.25, 0.3) is 0 Å². The first-order valence-corrected chi connectivity index (χ1v) is 14.9. The summed E-state index contributed by atoms with van der Waals surface area (Å²) in [6, 6.07) is 21.3. The fourth-order valence-corrected chi connectivity index (χ4v) is 5.22. The van der Waals surface area contributed by atoms with E-state index in [-0.39, 0.29) is 12.3 Å². The lowest BCUT2D eigenvalue weighted by Crippen LogP contribution is -2.40. The Kier molecular flexibility index (Phi) is 13.5. The molecule has 3 heteroatoms. The van der Waals surface area contributed by atoms with Gasteiger partial charge in [-0.1, -0.05) is 144 Å². The summed E-state index contributed by atoms with van der Waals surface area (Å²) in [6.07, 6.45) is 20.7. The average Bonchev–Trinajstić information content (AvgIpc) is 3.22. The van der Waals surface area contributed by atoms with Gasteiger partial charge in [0.15, 0.2) is 5.79 Å². The zero-order valence-electron chi connectivity index (χ0n) is 23.7. The summed E-state index contributed by atoms with van der Waals surface area (Å²) in [6.45, 7) is 7.99. The fraction of sp³-hybridized carbons (Fsp3) is 0.588. The zero-order chi connectivity index (χ0) is 26.2. The van der Waals surface area contributed by atoms with Gasteiger partial charge in [0.25, 0.3) is 0 Å². The molecule has 0 aromatic heterocycles. The summed E-state index contributed by atoms with van der Waals surface area (Å²) in [5, 5.41) is 0. The lowest BCUT2D eigenvalue weighted by atomic mass is 10.1. The van der Waals surface area contributed by atoms with Gasteiger partial charge >= 0.3 is 0 Å². The van der Waals surface area contributed by atoms with Gasteiger partial charge in [-0.3, -0.25) is 4.90 Å². The van der Waals surface area contributed by atoms with Crippen molar-refractivity contribution in [3.8, 4) is 0 Å². The van der Waals surface area contributed by atoms with E-state index in [1.165, 1.54) is 81.8 Å². The molecule has 0 saturated carbocycles. The number of hydrogen-bond acceptors (Lipinski definition) is 3. The van der Waals surface area contributed by atoms with Crippen LogP contribution in [0.5, 0.6) is 0 Å². The molecule has 0 bridgehead atoms. The molecular formula is C34H51NO2. The molecule has 1 saturated heterocycles. The van der Waals surface area contributed by atoms with Gasteiger partial charge in [-0.2, -0.15) is 0 Å². The second-order valence-corrected chi connectivity index (χ2v) is 11.1. The van der Waals surface area contributed by atoms with E-state index in [4.69, 9.17) is 9.47 Å². The topological polar surface area (TPSA) is 21.7 Å². The maximum atomic E-state index is 6.48. The molecule has 0 aliphatic carbocycles. The van der Waals surface area contributed by atoms with Crippen molar-refractivity contribution in [2.24, 2.45) is 0 Å². The van der Waals surface area contributed by atoms with E-state index in [2.05, 4.69) is 84.6 Å². The van der Waals surface area contributed by atoms with Crippen molar-refractivity contribution in [1.82, 2.24) is 4.90 Å². The highest BCUT2D eigenvalue weighted by Crippen LogP contribution is 2.33. The van der Waals surface area contributed by atoms with Crippen LogP contribution >= 0.6 is 0 Å². The van der Waals surface area contributed by atoms with Crippen LogP contribution in [0.15, 0.2) is 72.8 Å². The van der Waals surface area contributed by atoms with E-state index in [1.807, 2.05) is 13.8 Å². The lowest BCUT2D eigenvalue weighted by molar-refractivity contribution is -0.163. The third-order valence-corrected chi connectivity index (χ3v) is 7.22. The van der Waals surface area contributed by atoms with Crippen molar-refractivity contribution in [1.29, 1.82) is 0 Å². The highest BCUT2D eigenvalue weighted by molar-refractivity contribution is 5.18. The van der Waals surface area contributed by atoms with E-state index in [1.54, 1.807) is 0 Å². The van der Waals surface area contributed by atoms with Crippen molar-refractivity contribution in [3.05, 3.63) is 83.9 Å². The molecule has 204 valence electrons. The van der Waals surface area contributed by atoms with Gasteiger partial charge in [-0.05, 0) is 37.8 Å². The second kappa shape index (κ2) is 16.8. The predicted octanol–water partition coefficient (Wildman–Crippen LogP) is 9.42. The van der Waals surface area contributed by atoms with E-state index in [0.717, 1.165) is 19.5 Å². The number of rotatable bonds is 18. The van der Waals surface area contributed by atoms with Crippen molar-refractivity contribution in [3.63, 3.8) is 0 Å². The number of hydrogen-bond donors (Lipinski definition) is 0. The van der Waals surface area contributed by atoms with Crippen LogP contribution in [0.3, 0.4) is 0 Å². The molecular weight excluding hydrogens is 454 g/mol. The van der Waals surface area contributed by atoms with E-state index in [9.17, 15) is 0 Å². The minimum Gasteiger partial charge on any atom is -0.339 e. The van der Waals surface area contributed by atoms with Crippen LogP contribution in [0.2, 0.25) is 0 Å². The zero-order valence-corrected chi connectivity index (χ0v) is 23.7. The summed E-state index contributed by atoms with van der Waals surface area (Å²) in [5.41, 5.74) is 2.57. The Morgan fingerprint density at radius 2 is 1.16 bits per heavy atom. The number of allylic oxidation sites excluding steroid dienone is 1. The van der Waals surface area contributed by atoms with Gasteiger partial charge < -0.3 is 9.47 Å². The SMILES string of the molecule is CCCCCCCCCCCCC/C=C/[C@@H]1OC(C)(C)O[C@@H]1N(Cc1ccccc1)Cc1ccccc1. The first-order valence-electron chi connectivity index (χ1n) is 14.9. The summed E-state index contributed by atoms with van der Waals surface area (Å²) in [4.78, 5) is 2.41. The van der Waals surface area contributed by atoms with Crippen molar-refractivity contribution in [2.45, 2.75) is 129 Å². The molecule has 1 heterocycles. The molecule has 1 fully saturated rings. The standard InChI is InChI=1S/C34H51NO2/c1-4-5-6-7-8-9-10-11-12-13-14-15-22-27-32-33(37-34(2,3)36-32)35(28-30-23-18-16-19-24-30)29-31-25-20-17-21-26-31/h16-27,32-33H,4-15,28-29H2,1-3H3/b27-22+/t32-,33-/m0/s1. The second-order valence-electron chi connectivity index (χ2n) is 11.1. The van der Waals surface area contributed by atoms with Crippen LogP contribution in [0, 0.1) is 0 Å². The predicted molar refractivity (Wildman–Crippen MR) is 156 cm³/mol. The largest absolute Gasteiger partial charge is 0.339 e. The lowest BCUT2D eigenvalue weighted by Gasteiger charge is -2.30. The molecule has 0 radical (unpaired) electrons. The summed E-state index contributed by atoms with van der Waals surface area (Å²) < 4.78 is 12.9. The molecule has 2 aromatic rings. The van der Waals surface area contributed by atoms with Crippen molar-refractivity contribution in [2.75, 3.05) is 0 Å². The van der Waals surface area contributed by atoms with Crippen LogP contribution in [0.1, 0.15) is 109 Å². The van der Waals surface area contributed by atoms with Gasteiger partial charge in [0, 0.05) is 13.1 Å². The van der Waals surface area contributed by atoms with Gasteiger partial charge in [0.2, 0.25) is 0 Å². The minimum absolute atomic E-state index is 0.0740. The highest BCUT2D eigenvalue weighted by Gasteiger charge is 2.43. The molecule has 0 spiro atoms. The maximum absolute atomic E-state index is 6.48. The number of unbranched alkanes of at least 4 members (excludes halogenated alkanes) is 11. The molecule has 37 heavy (non-hydrogen) atoms.